The molecule has 3 rings (SSSR count). The van der Waals surface area contributed by atoms with Crippen LogP contribution >= 0.6 is 0 Å². The molecule has 1 saturated carbocycles. The van der Waals surface area contributed by atoms with Crippen LogP contribution in [0.25, 0.3) is 0 Å². The van der Waals surface area contributed by atoms with Gasteiger partial charge in [-0.1, -0.05) is 43.2 Å². The van der Waals surface area contributed by atoms with Crippen LogP contribution in [0.15, 0.2) is 35.3 Å². The van der Waals surface area contributed by atoms with Gasteiger partial charge in [-0.05, 0) is 25.3 Å². The number of carbonyl (C=O) groups excluding carboxylic acids is 1. The van der Waals surface area contributed by atoms with Crippen molar-refractivity contribution in [3.63, 3.8) is 0 Å². The lowest BCUT2D eigenvalue weighted by atomic mass is 9.97. The number of carbonyl (C=O) groups is 1. The third kappa shape index (κ3) is 5.70. The summed E-state index contributed by atoms with van der Waals surface area (Å²) >= 11 is 0. The van der Waals surface area contributed by atoms with Crippen LogP contribution in [-0.4, -0.2) is 62.2 Å². The largest absolute Gasteiger partial charge is 0.378 e. The fraction of sp³-hybridized carbons (Fsp3) is 0.619. The Labute approximate surface area is 162 Å². The van der Waals surface area contributed by atoms with Crippen molar-refractivity contribution in [3.05, 3.63) is 35.9 Å². The zero-order chi connectivity index (χ0) is 18.9. The first kappa shape index (κ1) is 19.7. The van der Waals surface area contributed by atoms with Crippen LogP contribution in [0.1, 0.15) is 44.1 Å². The molecule has 148 valence electrons. The van der Waals surface area contributed by atoms with Gasteiger partial charge in [-0.15, -0.1) is 0 Å². The second-order valence-corrected chi connectivity index (χ2v) is 7.25. The highest BCUT2D eigenvalue weighted by atomic mass is 16.5. The van der Waals surface area contributed by atoms with Gasteiger partial charge in [-0.3, -0.25) is 9.79 Å². The molecule has 2 fully saturated rings. The molecule has 1 atom stereocenters. The highest BCUT2D eigenvalue weighted by molar-refractivity contribution is 5.85. The normalized spacial score (nSPS) is 19.7. The minimum atomic E-state index is -0.261. The third-order valence-electron chi connectivity index (χ3n) is 5.30. The summed E-state index contributed by atoms with van der Waals surface area (Å²) in [6.07, 6.45) is 4.94. The van der Waals surface area contributed by atoms with Gasteiger partial charge in [-0.25, -0.2) is 0 Å². The molecule has 6 nitrogen and oxygen atoms in total. The molecule has 0 spiro atoms. The summed E-state index contributed by atoms with van der Waals surface area (Å²) in [6.45, 7) is 5.87. The minimum absolute atomic E-state index is 0.143. The summed E-state index contributed by atoms with van der Waals surface area (Å²) in [7, 11) is 0. The second kappa shape index (κ2) is 10.3. The van der Waals surface area contributed by atoms with Gasteiger partial charge in [0.15, 0.2) is 5.96 Å². The van der Waals surface area contributed by atoms with Gasteiger partial charge in [0.2, 0.25) is 5.91 Å². The molecule has 2 aliphatic rings. The molecular formula is C21H32N4O2. The van der Waals surface area contributed by atoms with Gasteiger partial charge < -0.3 is 20.3 Å². The molecule has 0 bridgehead atoms. The van der Waals surface area contributed by atoms with Crippen LogP contribution in [0.2, 0.25) is 0 Å². The second-order valence-electron chi connectivity index (χ2n) is 7.25. The summed E-state index contributed by atoms with van der Waals surface area (Å²) < 4.78 is 5.40. The first-order chi connectivity index (χ1) is 13.3. The topological polar surface area (TPSA) is 66.0 Å². The fourth-order valence-corrected chi connectivity index (χ4v) is 3.78. The highest BCUT2D eigenvalue weighted by Crippen LogP contribution is 2.21. The van der Waals surface area contributed by atoms with E-state index in [0.29, 0.717) is 38.9 Å². The number of amides is 1. The van der Waals surface area contributed by atoms with Crippen LogP contribution in [0.4, 0.5) is 0 Å². The number of hydrogen-bond acceptors (Lipinski definition) is 3. The Hall–Kier alpha value is -2.08. The highest BCUT2D eigenvalue weighted by Gasteiger charge is 2.27. The molecule has 6 heteroatoms. The predicted molar refractivity (Wildman–Crippen MR) is 108 cm³/mol. The summed E-state index contributed by atoms with van der Waals surface area (Å²) in [6, 6.07) is 10.5. The summed E-state index contributed by atoms with van der Waals surface area (Å²) in [4.78, 5) is 19.9. The first-order valence-corrected chi connectivity index (χ1v) is 10.2. The molecule has 0 aromatic heterocycles. The summed E-state index contributed by atoms with van der Waals surface area (Å²) in [5.41, 5.74) is 1.02. The zero-order valence-electron chi connectivity index (χ0n) is 16.3. The van der Waals surface area contributed by atoms with E-state index in [0.717, 1.165) is 18.1 Å². The van der Waals surface area contributed by atoms with E-state index < -0.39 is 0 Å². The average molecular weight is 373 g/mol. The average Bonchev–Trinajstić information content (AvgIpc) is 3.22. The van der Waals surface area contributed by atoms with E-state index in [1.807, 2.05) is 35.2 Å². The van der Waals surface area contributed by atoms with Crippen molar-refractivity contribution >= 4 is 11.9 Å². The maximum absolute atomic E-state index is 13.2. The SMILES string of the molecule is CCNC(=NCC(C(=O)N1CCOCC1)c1ccccc1)NC1CCCC1. The zero-order valence-corrected chi connectivity index (χ0v) is 16.3. The Morgan fingerprint density at radius 3 is 2.59 bits per heavy atom. The van der Waals surface area contributed by atoms with Crippen molar-refractivity contribution in [1.29, 1.82) is 0 Å². The number of guanidine groups is 1. The predicted octanol–water partition coefficient (Wildman–Crippen LogP) is 2.13. The van der Waals surface area contributed by atoms with E-state index in [4.69, 9.17) is 9.73 Å². The molecule has 1 saturated heterocycles. The van der Waals surface area contributed by atoms with Gasteiger partial charge in [-0.2, -0.15) is 0 Å². The molecule has 27 heavy (non-hydrogen) atoms. The van der Waals surface area contributed by atoms with Crippen LogP contribution < -0.4 is 10.6 Å². The van der Waals surface area contributed by atoms with Crippen LogP contribution in [0.3, 0.4) is 0 Å². The van der Waals surface area contributed by atoms with Crippen LogP contribution in [-0.2, 0) is 9.53 Å². The summed E-state index contributed by atoms with van der Waals surface area (Å²) in [5, 5.41) is 6.86. The van der Waals surface area contributed by atoms with E-state index in [9.17, 15) is 4.79 Å². The Kier molecular flexibility index (Phi) is 7.51. The molecular weight excluding hydrogens is 340 g/mol. The van der Waals surface area contributed by atoms with E-state index in [-0.39, 0.29) is 11.8 Å². The molecule has 0 radical (unpaired) electrons. The fourth-order valence-electron chi connectivity index (χ4n) is 3.78. The quantitative estimate of drug-likeness (QED) is 0.593. The monoisotopic (exact) mass is 372 g/mol. The lowest BCUT2D eigenvalue weighted by Gasteiger charge is -2.30. The standard InChI is InChI=1S/C21H32N4O2/c1-2-22-21(24-18-10-6-7-11-18)23-16-19(17-8-4-3-5-9-17)20(26)25-12-14-27-15-13-25/h3-5,8-9,18-19H,2,6-7,10-16H2,1H3,(H2,22,23,24). The van der Waals surface area contributed by atoms with Crippen molar-refractivity contribution in [2.24, 2.45) is 4.99 Å². The maximum atomic E-state index is 13.2. The maximum Gasteiger partial charge on any atom is 0.232 e. The molecule has 1 aliphatic heterocycles. The van der Waals surface area contributed by atoms with Crippen molar-refractivity contribution in [2.45, 2.75) is 44.6 Å². The van der Waals surface area contributed by atoms with E-state index in [1.54, 1.807) is 0 Å². The number of ether oxygens (including phenoxy) is 1. The van der Waals surface area contributed by atoms with Crippen molar-refractivity contribution in [2.75, 3.05) is 39.4 Å². The number of aliphatic imine (C=N–C) groups is 1. The smallest absolute Gasteiger partial charge is 0.232 e. The van der Waals surface area contributed by atoms with E-state index in [2.05, 4.69) is 17.6 Å². The van der Waals surface area contributed by atoms with Gasteiger partial charge in [0.05, 0.1) is 25.7 Å². The van der Waals surface area contributed by atoms with Gasteiger partial charge in [0.25, 0.3) is 0 Å². The number of rotatable bonds is 6. The number of nitrogens with zero attached hydrogens (tertiary/aromatic N) is 2. The molecule has 1 heterocycles. The van der Waals surface area contributed by atoms with E-state index >= 15 is 0 Å². The lowest BCUT2D eigenvalue weighted by molar-refractivity contribution is -0.136. The molecule has 1 unspecified atom stereocenters. The number of morpholine rings is 1. The minimum Gasteiger partial charge on any atom is -0.378 e. The molecule has 1 amide bonds. The van der Waals surface area contributed by atoms with Crippen molar-refractivity contribution < 1.29 is 9.53 Å². The van der Waals surface area contributed by atoms with Crippen molar-refractivity contribution in [3.8, 4) is 0 Å². The first-order valence-electron chi connectivity index (χ1n) is 10.2. The van der Waals surface area contributed by atoms with Gasteiger partial charge >= 0.3 is 0 Å². The van der Waals surface area contributed by atoms with Crippen LogP contribution in [0.5, 0.6) is 0 Å². The number of hydrogen-bond donors (Lipinski definition) is 2. The van der Waals surface area contributed by atoms with E-state index in [1.165, 1.54) is 25.7 Å². The Morgan fingerprint density at radius 1 is 1.22 bits per heavy atom. The van der Waals surface area contributed by atoms with Crippen molar-refractivity contribution in [1.82, 2.24) is 15.5 Å². The lowest BCUT2D eigenvalue weighted by Crippen LogP contribution is -2.45. The van der Waals surface area contributed by atoms with Crippen LogP contribution in [0, 0.1) is 0 Å². The number of nitrogens with one attached hydrogen (secondary N) is 2. The number of benzene rings is 1. The molecule has 1 aliphatic carbocycles. The van der Waals surface area contributed by atoms with Gasteiger partial charge in [0, 0.05) is 25.7 Å². The third-order valence-corrected chi connectivity index (χ3v) is 5.30. The molecule has 2 N–H and O–H groups in total. The Morgan fingerprint density at radius 2 is 1.93 bits per heavy atom. The molecule has 1 aromatic carbocycles. The Bertz CT molecular complexity index is 608. The summed E-state index contributed by atoms with van der Waals surface area (Å²) in [5.74, 6) is 0.702. The molecule has 1 aromatic rings. The van der Waals surface area contributed by atoms with Gasteiger partial charge in [0.1, 0.15) is 0 Å². The Balaban J connectivity index is 1.73.